The molecular formula is C20H32N2O3. The molecule has 1 saturated heterocycles. The van der Waals surface area contributed by atoms with Crippen molar-refractivity contribution in [1.29, 1.82) is 0 Å². The highest BCUT2D eigenvalue weighted by Crippen LogP contribution is 2.21. The van der Waals surface area contributed by atoms with Crippen molar-refractivity contribution in [1.82, 2.24) is 9.80 Å². The molecule has 25 heavy (non-hydrogen) atoms. The third-order valence-corrected chi connectivity index (χ3v) is 5.02. The van der Waals surface area contributed by atoms with Gasteiger partial charge < -0.3 is 14.4 Å². The van der Waals surface area contributed by atoms with Crippen LogP contribution in [0.2, 0.25) is 0 Å². The molecule has 140 valence electrons. The topological polar surface area (TPSA) is 42.0 Å². The standard InChI is InChI=1S/C20H32N2O3/c1-16-14-21(15-17(2)22(16)12-7-13-24-3)20(23)11-10-18-8-5-6-9-19(18)25-4/h5-6,8-9,16-17H,7,10-15H2,1-4H3. The first-order chi connectivity index (χ1) is 12.1. The molecule has 5 nitrogen and oxygen atoms in total. The normalized spacial score (nSPS) is 21.4. The lowest BCUT2D eigenvalue weighted by molar-refractivity contribution is -0.135. The molecular weight excluding hydrogens is 316 g/mol. The molecule has 1 heterocycles. The highest BCUT2D eigenvalue weighted by atomic mass is 16.5. The number of aryl methyl sites for hydroxylation is 1. The fourth-order valence-electron chi connectivity index (χ4n) is 3.70. The fraction of sp³-hybridized carbons (Fsp3) is 0.650. The van der Waals surface area contributed by atoms with Crippen molar-refractivity contribution in [3.8, 4) is 5.75 Å². The van der Waals surface area contributed by atoms with Gasteiger partial charge in [0.2, 0.25) is 5.91 Å². The average Bonchev–Trinajstić information content (AvgIpc) is 2.62. The zero-order valence-electron chi connectivity index (χ0n) is 16.0. The summed E-state index contributed by atoms with van der Waals surface area (Å²) in [5, 5.41) is 0. The zero-order chi connectivity index (χ0) is 18.2. The number of para-hydroxylation sites is 1. The molecule has 1 aromatic rings. The molecule has 1 amide bonds. The van der Waals surface area contributed by atoms with Crippen LogP contribution in [0.1, 0.15) is 32.3 Å². The predicted molar refractivity (Wildman–Crippen MR) is 100 cm³/mol. The second kappa shape index (κ2) is 9.78. The number of carbonyl (C=O) groups is 1. The summed E-state index contributed by atoms with van der Waals surface area (Å²) in [6.07, 6.45) is 2.29. The van der Waals surface area contributed by atoms with Crippen LogP contribution in [0.25, 0.3) is 0 Å². The minimum absolute atomic E-state index is 0.237. The van der Waals surface area contributed by atoms with E-state index in [1.807, 2.05) is 29.2 Å². The summed E-state index contributed by atoms with van der Waals surface area (Å²) in [5.41, 5.74) is 1.10. The predicted octanol–water partition coefficient (Wildman–Crippen LogP) is 2.59. The molecule has 1 aliphatic heterocycles. The summed E-state index contributed by atoms with van der Waals surface area (Å²) < 4.78 is 10.5. The number of ether oxygens (including phenoxy) is 2. The van der Waals surface area contributed by atoms with E-state index in [0.717, 1.165) is 50.4 Å². The Hall–Kier alpha value is -1.59. The van der Waals surface area contributed by atoms with Crippen molar-refractivity contribution >= 4 is 5.91 Å². The molecule has 5 heteroatoms. The van der Waals surface area contributed by atoms with E-state index in [2.05, 4.69) is 18.7 Å². The van der Waals surface area contributed by atoms with E-state index in [0.29, 0.717) is 18.5 Å². The first-order valence-electron chi connectivity index (χ1n) is 9.21. The first-order valence-corrected chi connectivity index (χ1v) is 9.21. The van der Waals surface area contributed by atoms with Gasteiger partial charge in [-0.05, 0) is 38.3 Å². The Bertz CT molecular complexity index is 537. The molecule has 1 fully saturated rings. The van der Waals surface area contributed by atoms with Crippen molar-refractivity contribution < 1.29 is 14.3 Å². The van der Waals surface area contributed by atoms with Gasteiger partial charge in [0.15, 0.2) is 0 Å². The van der Waals surface area contributed by atoms with E-state index in [4.69, 9.17) is 9.47 Å². The number of hydrogen-bond acceptors (Lipinski definition) is 4. The van der Waals surface area contributed by atoms with Crippen molar-refractivity contribution in [2.45, 2.75) is 45.2 Å². The Balaban J connectivity index is 1.86. The molecule has 1 aliphatic rings. The number of rotatable bonds is 8. The minimum Gasteiger partial charge on any atom is -0.496 e. The quantitative estimate of drug-likeness (QED) is 0.677. The summed E-state index contributed by atoms with van der Waals surface area (Å²) in [6.45, 7) is 7.85. The van der Waals surface area contributed by atoms with Gasteiger partial charge in [-0.3, -0.25) is 9.69 Å². The summed E-state index contributed by atoms with van der Waals surface area (Å²) in [4.78, 5) is 17.2. The molecule has 2 rings (SSSR count). The largest absolute Gasteiger partial charge is 0.496 e. The van der Waals surface area contributed by atoms with Crippen molar-refractivity contribution in [3.63, 3.8) is 0 Å². The highest BCUT2D eigenvalue weighted by Gasteiger charge is 2.31. The van der Waals surface area contributed by atoms with Crippen molar-refractivity contribution in [3.05, 3.63) is 29.8 Å². The van der Waals surface area contributed by atoms with Crippen LogP contribution in [0.15, 0.2) is 24.3 Å². The zero-order valence-corrected chi connectivity index (χ0v) is 16.0. The number of methoxy groups -OCH3 is 2. The number of piperazine rings is 1. The Morgan fingerprint density at radius 1 is 1.16 bits per heavy atom. The maximum Gasteiger partial charge on any atom is 0.223 e. The smallest absolute Gasteiger partial charge is 0.223 e. The summed E-state index contributed by atoms with van der Waals surface area (Å²) in [5.74, 6) is 1.10. The van der Waals surface area contributed by atoms with Crippen LogP contribution in [0.4, 0.5) is 0 Å². The SMILES string of the molecule is COCCCN1C(C)CN(C(=O)CCc2ccccc2OC)CC1C. The van der Waals surface area contributed by atoms with E-state index in [-0.39, 0.29) is 5.91 Å². The van der Waals surface area contributed by atoms with E-state index in [9.17, 15) is 4.79 Å². The van der Waals surface area contributed by atoms with Gasteiger partial charge in [0, 0.05) is 51.9 Å². The number of hydrogen-bond donors (Lipinski definition) is 0. The van der Waals surface area contributed by atoms with Gasteiger partial charge in [0.25, 0.3) is 0 Å². The van der Waals surface area contributed by atoms with Gasteiger partial charge >= 0.3 is 0 Å². The summed E-state index contributed by atoms with van der Waals surface area (Å²) in [6, 6.07) is 8.70. The van der Waals surface area contributed by atoms with Gasteiger partial charge in [-0.2, -0.15) is 0 Å². The molecule has 0 spiro atoms. The third kappa shape index (κ3) is 5.44. The molecule has 0 saturated carbocycles. The van der Waals surface area contributed by atoms with Gasteiger partial charge in [0.1, 0.15) is 5.75 Å². The number of benzene rings is 1. The second-order valence-electron chi connectivity index (χ2n) is 6.89. The van der Waals surface area contributed by atoms with Gasteiger partial charge in [0.05, 0.1) is 7.11 Å². The second-order valence-corrected chi connectivity index (χ2v) is 6.89. The van der Waals surface area contributed by atoms with Crippen LogP contribution < -0.4 is 4.74 Å². The van der Waals surface area contributed by atoms with Crippen LogP contribution in [0, 0.1) is 0 Å². The lowest BCUT2D eigenvalue weighted by atomic mass is 10.0. The van der Waals surface area contributed by atoms with Crippen LogP contribution in [-0.4, -0.2) is 68.3 Å². The Labute approximate surface area is 151 Å². The monoisotopic (exact) mass is 348 g/mol. The van der Waals surface area contributed by atoms with Crippen molar-refractivity contribution in [2.75, 3.05) is 40.5 Å². The van der Waals surface area contributed by atoms with Gasteiger partial charge in [-0.25, -0.2) is 0 Å². The van der Waals surface area contributed by atoms with Crippen LogP contribution in [-0.2, 0) is 16.0 Å². The highest BCUT2D eigenvalue weighted by molar-refractivity contribution is 5.76. The van der Waals surface area contributed by atoms with Gasteiger partial charge in [-0.1, -0.05) is 18.2 Å². The molecule has 0 N–H and O–H groups in total. The van der Waals surface area contributed by atoms with E-state index in [1.54, 1.807) is 14.2 Å². The molecule has 0 radical (unpaired) electrons. The molecule has 2 atom stereocenters. The Kier molecular flexibility index (Phi) is 7.72. The Morgan fingerprint density at radius 3 is 2.48 bits per heavy atom. The van der Waals surface area contributed by atoms with Gasteiger partial charge in [-0.15, -0.1) is 0 Å². The minimum atomic E-state index is 0.237. The molecule has 0 aliphatic carbocycles. The van der Waals surface area contributed by atoms with Crippen LogP contribution >= 0.6 is 0 Å². The lowest BCUT2D eigenvalue weighted by Crippen LogP contribution is -2.58. The molecule has 2 unspecified atom stereocenters. The van der Waals surface area contributed by atoms with E-state index < -0.39 is 0 Å². The molecule has 0 bridgehead atoms. The Morgan fingerprint density at radius 2 is 1.84 bits per heavy atom. The number of carbonyl (C=O) groups excluding carboxylic acids is 1. The maximum atomic E-state index is 12.7. The average molecular weight is 348 g/mol. The van der Waals surface area contributed by atoms with E-state index in [1.165, 1.54) is 0 Å². The third-order valence-electron chi connectivity index (χ3n) is 5.02. The fourth-order valence-corrected chi connectivity index (χ4v) is 3.70. The lowest BCUT2D eigenvalue weighted by Gasteiger charge is -2.44. The van der Waals surface area contributed by atoms with Crippen molar-refractivity contribution in [2.24, 2.45) is 0 Å². The maximum absolute atomic E-state index is 12.7. The molecule has 1 aromatic carbocycles. The first kappa shape index (κ1) is 19.7. The van der Waals surface area contributed by atoms with Crippen LogP contribution in [0.3, 0.4) is 0 Å². The summed E-state index contributed by atoms with van der Waals surface area (Å²) in [7, 11) is 3.41. The number of amides is 1. The van der Waals surface area contributed by atoms with Crippen LogP contribution in [0.5, 0.6) is 5.75 Å². The van der Waals surface area contributed by atoms with E-state index >= 15 is 0 Å². The summed E-state index contributed by atoms with van der Waals surface area (Å²) >= 11 is 0. The number of nitrogens with zero attached hydrogens (tertiary/aromatic N) is 2. The molecule has 0 aromatic heterocycles.